The number of hydrogen-bond donors (Lipinski definition) is 0. The summed E-state index contributed by atoms with van der Waals surface area (Å²) < 4.78 is 50.3. The van der Waals surface area contributed by atoms with Crippen LogP contribution in [0.25, 0.3) is 0 Å². The molecule has 4 nitrogen and oxygen atoms in total. The van der Waals surface area contributed by atoms with E-state index in [-0.39, 0.29) is 0 Å². The van der Waals surface area contributed by atoms with Crippen molar-refractivity contribution in [2.24, 2.45) is 0 Å². The van der Waals surface area contributed by atoms with Crippen LogP contribution in [0.2, 0.25) is 0 Å². The first-order chi connectivity index (χ1) is 13.4. The number of hydrogen-bond acceptors (Lipinski definition) is 4. The molecule has 1 aliphatic rings. The normalized spacial score (nSPS) is 16.2. The minimum atomic E-state index is -4.32. The molecule has 2 aromatic carbocycles. The van der Waals surface area contributed by atoms with Crippen molar-refractivity contribution >= 4 is 0 Å². The SMILES string of the molecule is COc1ccc(OC)c(CN2CCN(Cc3ccccc3C(F)(F)F)CC2)c1. The van der Waals surface area contributed by atoms with Gasteiger partial charge in [0.15, 0.2) is 0 Å². The van der Waals surface area contributed by atoms with Crippen LogP contribution < -0.4 is 9.47 Å². The highest BCUT2D eigenvalue weighted by molar-refractivity contribution is 5.40. The monoisotopic (exact) mass is 394 g/mol. The van der Waals surface area contributed by atoms with Gasteiger partial charge in [0.1, 0.15) is 11.5 Å². The van der Waals surface area contributed by atoms with E-state index < -0.39 is 11.7 Å². The van der Waals surface area contributed by atoms with Gasteiger partial charge >= 0.3 is 6.18 Å². The molecule has 1 heterocycles. The van der Waals surface area contributed by atoms with Crippen molar-refractivity contribution < 1.29 is 22.6 Å². The molecule has 0 aromatic heterocycles. The highest BCUT2D eigenvalue weighted by Gasteiger charge is 2.33. The summed E-state index contributed by atoms with van der Waals surface area (Å²) in [4.78, 5) is 4.35. The Hall–Kier alpha value is -2.25. The third-order valence-corrected chi connectivity index (χ3v) is 5.06. The van der Waals surface area contributed by atoms with Crippen LogP contribution in [-0.2, 0) is 19.3 Å². The van der Waals surface area contributed by atoms with Gasteiger partial charge in [0.25, 0.3) is 0 Å². The number of rotatable bonds is 6. The van der Waals surface area contributed by atoms with E-state index in [1.807, 2.05) is 18.2 Å². The molecular weight excluding hydrogens is 369 g/mol. The smallest absolute Gasteiger partial charge is 0.416 e. The quantitative estimate of drug-likeness (QED) is 0.738. The van der Waals surface area contributed by atoms with E-state index in [1.165, 1.54) is 6.07 Å². The summed E-state index contributed by atoms with van der Waals surface area (Å²) in [6.07, 6.45) is -4.32. The summed E-state index contributed by atoms with van der Waals surface area (Å²) >= 11 is 0. The molecule has 3 rings (SSSR count). The maximum Gasteiger partial charge on any atom is 0.416 e. The number of nitrogens with zero attached hydrogens (tertiary/aromatic N) is 2. The zero-order chi connectivity index (χ0) is 20.1. The Balaban J connectivity index is 1.60. The Kier molecular flexibility index (Phi) is 6.46. The number of methoxy groups -OCH3 is 2. The molecule has 0 amide bonds. The lowest BCUT2D eigenvalue weighted by Gasteiger charge is -2.35. The van der Waals surface area contributed by atoms with Gasteiger partial charge in [-0.05, 0) is 29.8 Å². The third kappa shape index (κ3) is 4.97. The number of benzene rings is 2. The van der Waals surface area contributed by atoms with Crippen LogP contribution in [0.1, 0.15) is 16.7 Å². The first-order valence-electron chi connectivity index (χ1n) is 9.21. The lowest BCUT2D eigenvalue weighted by atomic mass is 10.1. The average Bonchev–Trinajstić information content (AvgIpc) is 2.69. The lowest BCUT2D eigenvalue weighted by molar-refractivity contribution is -0.138. The van der Waals surface area contributed by atoms with Crippen LogP contribution in [-0.4, -0.2) is 50.2 Å². The average molecular weight is 394 g/mol. The molecule has 7 heteroatoms. The van der Waals surface area contributed by atoms with Gasteiger partial charge in [-0.1, -0.05) is 18.2 Å². The van der Waals surface area contributed by atoms with Gasteiger partial charge in [0.05, 0.1) is 19.8 Å². The Morgan fingerprint density at radius 2 is 1.43 bits per heavy atom. The summed E-state index contributed by atoms with van der Waals surface area (Å²) in [6.45, 7) is 4.04. The molecular formula is C21H25F3N2O2. The second kappa shape index (κ2) is 8.84. The van der Waals surface area contributed by atoms with Crippen molar-refractivity contribution in [3.05, 3.63) is 59.2 Å². The molecule has 0 bridgehead atoms. The van der Waals surface area contributed by atoms with Gasteiger partial charge in [0, 0.05) is 44.8 Å². The van der Waals surface area contributed by atoms with Crippen molar-refractivity contribution in [2.45, 2.75) is 19.3 Å². The maximum atomic E-state index is 13.2. The first-order valence-corrected chi connectivity index (χ1v) is 9.21. The van der Waals surface area contributed by atoms with Crippen molar-refractivity contribution in [3.8, 4) is 11.5 Å². The Labute approximate surface area is 163 Å². The molecule has 0 spiro atoms. The molecule has 2 aromatic rings. The highest BCUT2D eigenvalue weighted by Crippen LogP contribution is 2.32. The number of alkyl halides is 3. The Morgan fingerprint density at radius 1 is 0.821 bits per heavy atom. The standard InChI is InChI=1S/C21H25F3N2O2/c1-27-18-7-8-20(28-2)17(13-18)15-26-11-9-25(10-12-26)14-16-5-3-4-6-19(16)21(22,23)24/h3-8,13H,9-12,14-15H2,1-2H3. The van der Waals surface area contributed by atoms with Crippen LogP contribution in [0, 0.1) is 0 Å². The highest BCUT2D eigenvalue weighted by atomic mass is 19.4. The van der Waals surface area contributed by atoms with Gasteiger partial charge in [-0.15, -0.1) is 0 Å². The topological polar surface area (TPSA) is 24.9 Å². The summed E-state index contributed by atoms with van der Waals surface area (Å²) in [5.41, 5.74) is 0.828. The summed E-state index contributed by atoms with van der Waals surface area (Å²) in [6, 6.07) is 11.5. The minimum Gasteiger partial charge on any atom is -0.497 e. The molecule has 0 unspecified atom stereocenters. The molecule has 28 heavy (non-hydrogen) atoms. The van der Waals surface area contributed by atoms with Gasteiger partial charge in [0.2, 0.25) is 0 Å². The maximum absolute atomic E-state index is 13.2. The van der Waals surface area contributed by atoms with Crippen molar-refractivity contribution in [1.82, 2.24) is 9.80 Å². The third-order valence-electron chi connectivity index (χ3n) is 5.06. The summed E-state index contributed by atoms with van der Waals surface area (Å²) in [5, 5.41) is 0. The van der Waals surface area contributed by atoms with E-state index in [9.17, 15) is 13.2 Å². The Bertz CT molecular complexity index is 787. The predicted molar refractivity (Wildman–Crippen MR) is 102 cm³/mol. The van der Waals surface area contributed by atoms with Gasteiger partial charge < -0.3 is 9.47 Å². The molecule has 152 valence electrons. The summed E-state index contributed by atoms with van der Waals surface area (Å²) in [7, 11) is 3.27. The molecule has 0 saturated carbocycles. The van der Waals surface area contributed by atoms with Crippen molar-refractivity contribution in [3.63, 3.8) is 0 Å². The van der Waals surface area contributed by atoms with Crippen LogP contribution >= 0.6 is 0 Å². The predicted octanol–water partition coefficient (Wildman–Crippen LogP) is 4.04. The molecule has 0 N–H and O–H groups in total. The van der Waals surface area contributed by atoms with Crippen molar-refractivity contribution in [2.75, 3.05) is 40.4 Å². The molecule has 1 aliphatic heterocycles. The molecule has 1 saturated heterocycles. The fourth-order valence-electron chi connectivity index (χ4n) is 3.53. The lowest BCUT2D eigenvalue weighted by Crippen LogP contribution is -2.45. The van der Waals surface area contributed by atoms with Gasteiger partial charge in [-0.25, -0.2) is 0 Å². The fraction of sp³-hybridized carbons (Fsp3) is 0.429. The van der Waals surface area contributed by atoms with E-state index in [1.54, 1.807) is 26.4 Å². The summed E-state index contributed by atoms with van der Waals surface area (Å²) in [5.74, 6) is 1.58. The van der Waals surface area contributed by atoms with Crippen LogP contribution in [0.3, 0.4) is 0 Å². The van der Waals surface area contributed by atoms with E-state index >= 15 is 0 Å². The van der Waals surface area contributed by atoms with Crippen LogP contribution in [0.4, 0.5) is 13.2 Å². The van der Waals surface area contributed by atoms with Gasteiger partial charge in [-0.3, -0.25) is 9.80 Å². The number of piperazine rings is 1. The van der Waals surface area contributed by atoms with E-state index in [0.29, 0.717) is 18.7 Å². The van der Waals surface area contributed by atoms with Crippen LogP contribution in [0.5, 0.6) is 11.5 Å². The van der Waals surface area contributed by atoms with E-state index in [0.717, 1.165) is 49.3 Å². The second-order valence-electron chi connectivity index (χ2n) is 6.88. The zero-order valence-electron chi connectivity index (χ0n) is 16.1. The minimum absolute atomic E-state index is 0.312. The molecule has 0 atom stereocenters. The van der Waals surface area contributed by atoms with Crippen molar-refractivity contribution in [1.29, 1.82) is 0 Å². The fourth-order valence-corrected chi connectivity index (χ4v) is 3.53. The first kappa shape index (κ1) is 20.5. The Morgan fingerprint density at radius 3 is 2.00 bits per heavy atom. The van der Waals surface area contributed by atoms with Crippen LogP contribution in [0.15, 0.2) is 42.5 Å². The second-order valence-corrected chi connectivity index (χ2v) is 6.88. The number of halogens is 3. The largest absolute Gasteiger partial charge is 0.497 e. The number of ether oxygens (including phenoxy) is 2. The molecule has 1 fully saturated rings. The van der Waals surface area contributed by atoms with E-state index in [2.05, 4.69) is 9.80 Å². The molecule has 0 radical (unpaired) electrons. The van der Waals surface area contributed by atoms with E-state index in [4.69, 9.17) is 9.47 Å². The van der Waals surface area contributed by atoms with Gasteiger partial charge in [-0.2, -0.15) is 13.2 Å². The zero-order valence-corrected chi connectivity index (χ0v) is 16.1. The molecule has 0 aliphatic carbocycles.